The van der Waals surface area contributed by atoms with Crippen LogP contribution < -0.4 is 5.32 Å². The summed E-state index contributed by atoms with van der Waals surface area (Å²) >= 11 is 5.81. The lowest BCUT2D eigenvalue weighted by molar-refractivity contribution is -0.0254. The molecule has 1 aliphatic rings. The average Bonchev–Trinajstić information content (AvgIpc) is 2.21. The molecule has 15 heavy (non-hydrogen) atoms. The molecule has 0 aliphatic carbocycles. The number of nitrogens with one attached hydrogen (secondary N) is 1. The van der Waals surface area contributed by atoms with Gasteiger partial charge >= 0.3 is 0 Å². The van der Waals surface area contributed by atoms with Crippen molar-refractivity contribution in [2.45, 2.75) is 13.2 Å². The number of hydrogen-bond donors (Lipinski definition) is 1. The monoisotopic (exact) mass is 247 g/mol. The van der Waals surface area contributed by atoms with Crippen molar-refractivity contribution in [2.75, 3.05) is 13.2 Å². The van der Waals surface area contributed by atoms with E-state index in [0.717, 1.165) is 23.7 Å². The zero-order chi connectivity index (χ0) is 9.97. The van der Waals surface area contributed by atoms with Crippen molar-refractivity contribution in [3.8, 4) is 0 Å². The van der Waals surface area contributed by atoms with Crippen molar-refractivity contribution >= 4 is 24.0 Å². The van der Waals surface area contributed by atoms with Gasteiger partial charge in [0.1, 0.15) is 6.23 Å². The molecule has 1 aromatic carbocycles. The third-order valence-corrected chi connectivity index (χ3v) is 2.62. The van der Waals surface area contributed by atoms with Gasteiger partial charge in [0.05, 0.1) is 6.61 Å². The molecule has 0 radical (unpaired) electrons. The summed E-state index contributed by atoms with van der Waals surface area (Å²) in [6.45, 7) is 4.00. The normalized spacial score (nSPS) is 25.7. The Balaban J connectivity index is 0.00000112. The Morgan fingerprint density at radius 1 is 1.33 bits per heavy atom. The van der Waals surface area contributed by atoms with Gasteiger partial charge in [-0.25, -0.2) is 0 Å². The van der Waals surface area contributed by atoms with Crippen LogP contribution in [0.2, 0.25) is 5.02 Å². The van der Waals surface area contributed by atoms with Gasteiger partial charge in [-0.05, 0) is 23.6 Å². The molecule has 0 amide bonds. The Labute approximate surface area is 101 Å². The molecular formula is C11H15Cl2NO. The van der Waals surface area contributed by atoms with Gasteiger partial charge in [0, 0.05) is 11.6 Å². The first-order chi connectivity index (χ1) is 6.75. The molecule has 84 valence electrons. The lowest BCUT2D eigenvalue weighted by Crippen LogP contribution is -2.36. The van der Waals surface area contributed by atoms with Crippen LogP contribution in [0.5, 0.6) is 0 Å². The van der Waals surface area contributed by atoms with E-state index in [-0.39, 0.29) is 18.6 Å². The molecular weight excluding hydrogens is 233 g/mol. The summed E-state index contributed by atoms with van der Waals surface area (Å²) in [6, 6.07) is 7.77. The first kappa shape index (κ1) is 12.8. The summed E-state index contributed by atoms with van der Waals surface area (Å²) in [6.07, 6.45) is 0.0310. The Bertz CT molecular complexity index is 294. The minimum absolute atomic E-state index is 0. The zero-order valence-electron chi connectivity index (χ0n) is 8.57. The van der Waals surface area contributed by atoms with E-state index < -0.39 is 0 Å². The molecule has 2 nitrogen and oxygen atoms in total. The van der Waals surface area contributed by atoms with Crippen LogP contribution in [0, 0.1) is 5.92 Å². The highest BCUT2D eigenvalue weighted by Gasteiger charge is 2.18. The van der Waals surface area contributed by atoms with Gasteiger partial charge in [-0.2, -0.15) is 0 Å². The number of hydrogen-bond acceptors (Lipinski definition) is 2. The van der Waals surface area contributed by atoms with E-state index in [1.165, 1.54) is 0 Å². The number of rotatable bonds is 1. The lowest BCUT2D eigenvalue weighted by Gasteiger charge is -2.28. The van der Waals surface area contributed by atoms with Crippen LogP contribution in [0.3, 0.4) is 0 Å². The molecule has 4 heteroatoms. The second-order valence-electron chi connectivity index (χ2n) is 3.78. The summed E-state index contributed by atoms with van der Waals surface area (Å²) in [5.41, 5.74) is 1.14. The summed E-state index contributed by atoms with van der Waals surface area (Å²) in [5, 5.41) is 4.10. The van der Waals surface area contributed by atoms with Crippen LogP contribution in [0.4, 0.5) is 0 Å². The minimum Gasteiger partial charge on any atom is -0.359 e. The summed E-state index contributed by atoms with van der Waals surface area (Å²) in [7, 11) is 0. The molecule has 0 aromatic heterocycles. The molecule has 1 aliphatic heterocycles. The number of halogens is 2. The molecule has 0 spiro atoms. The van der Waals surface area contributed by atoms with Gasteiger partial charge in [-0.1, -0.05) is 30.7 Å². The van der Waals surface area contributed by atoms with Crippen molar-refractivity contribution in [3.05, 3.63) is 34.9 Å². The Hall–Kier alpha value is -0.280. The lowest BCUT2D eigenvalue weighted by atomic mass is 10.1. The van der Waals surface area contributed by atoms with Crippen molar-refractivity contribution in [2.24, 2.45) is 5.92 Å². The largest absolute Gasteiger partial charge is 0.359 e. The summed E-state index contributed by atoms with van der Waals surface area (Å²) in [5.74, 6) is 0.596. The predicted octanol–water partition coefficient (Wildman–Crippen LogP) is 3.02. The van der Waals surface area contributed by atoms with Crippen LogP contribution in [-0.2, 0) is 4.74 Å². The van der Waals surface area contributed by atoms with E-state index in [1.54, 1.807) is 0 Å². The topological polar surface area (TPSA) is 21.3 Å². The third-order valence-electron chi connectivity index (χ3n) is 2.37. The minimum atomic E-state index is 0. The van der Waals surface area contributed by atoms with Gasteiger partial charge in [0.25, 0.3) is 0 Å². The maximum absolute atomic E-state index is 5.81. The van der Waals surface area contributed by atoms with Crippen LogP contribution in [0.25, 0.3) is 0 Å². The molecule has 1 heterocycles. The maximum atomic E-state index is 5.81. The van der Waals surface area contributed by atoms with Crippen molar-refractivity contribution in [3.63, 3.8) is 0 Å². The molecule has 1 fully saturated rings. The van der Waals surface area contributed by atoms with Crippen LogP contribution in [0.1, 0.15) is 18.7 Å². The van der Waals surface area contributed by atoms with Gasteiger partial charge in [0.15, 0.2) is 0 Å². The second kappa shape index (κ2) is 5.71. The van der Waals surface area contributed by atoms with Gasteiger partial charge in [-0.3, -0.25) is 5.32 Å². The number of ether oxygens (including phenoxy) is 1. The maximum Gasteiger partial charge on any atom is 0.134 e. The van der Waals surface area contributed by atoms with E-state index in [4.69, 9.17) is 16.3 Å². The summed E-state index contributed by atoms with van der Waals surface area (Å²) in [4.78, 5) is 0. The van der Waals surface area contributed by atoms with Gasteiger partial charge in [0.2, 0.25) is 0 Å². The van der Waals surface area contributed by atoms with Crippen LogP contribution in [0.15, 0.2) is 24.3 Å². The van der Waals surface area contributed by atoms with E-state index in [1.807, 2.05) is 24.3 Å². The Kier molecular flexibility index (Phi) is 4.87. The molecule has 1 aromatic rings. The van der Waals surface area contributed by atoms with Gasteiger partial charge in [-0.15, -0.1) is 12.4 Å². The van der Waals surface area contributed by atoms with E-state index >= 15 is 0 Å². The van der Waals surface area contributed by atoms with E-state index in [0.29, 0.717) is 5.92 Å². The Morgan fingerprint density at radius 3 is 2.53 bits per heavy atom. The van der Waals surface area contributed by atoms with E-state index in [9.17, 15) is 0 Å². The van der Waals surface area contributed by atoms with Crippen LogP contribution >= 0.6 is 24.0 Å². The first-order valence-electron chi connectivity index (χ1n) is 4.86. The second-order valence-corrected chi connectivity index (χ2v) is 4.21. The SMILES string of the molecule is CC1CNC(c2ccc(Cl)cc2)OC1.Cl. The highest BCUT2D eigenvalue weighted by atomic mass is 35.5. The fourth-order valence-corrected chi connectivity index (χ4v) is 1.66. The molecule has 0 saturated carbocycles. The highest BCUT2D eigenvalue weighted by Crippen LogP contribution is 2.21. The fraction of sp³-hybridized carbons (Fsp3) is 0.455. The number of benzene rings is 1. The van der Waals surface area contributed by atoms with Crippen LogP contribution in [-0.4, -0.2) is 13.2 Å². The third kappa shape index (κ3) is 3.35. The predicted molar refractivity (Wildman–Crippen MR) is 64.6 cm³/mol. The first-order valence-corrected chi connectivity index (χ1v) is 5.24. The van der Waals surface area contributed by atoms with E-state index in [2.05, 4.69) is 12.2 Å². The summed E-state index contributed by atoms with van der Waals surface area (Å²) < 4.78 is 5.66. The zero-order valence-corrected chi connectivity index (χ0v) is 10.1. The van der Waals surface area contributed by atoms with Crippen molar-refractivity contribution < 1.29 is 4.74 Å². The van der Waals surface area contributed by atoms with Crippen molar-refractivity contribution in [1.29, 1.82) is 0 Å². The molecule has 2 atom stereocenters. The molecule has 0 bridgehead atoms. The molecule has 2 rings (SSSR count). The molecule has 1 N–H and O–H groups in total. The van der Waals surface area contributed by atoms with Crippen molar-refractivity contribution in [1.82, 2.24) is 5.32 Å². The average molecular weight is 248 g/mol. The molecule has 1 saturated heterocycles. The smallest absolute Gasteiger partial charge is 0.134 e. The molecule has 2 unspecified atom stereocenters. The Morgan fingerprint density at radius 2 is 2.00 bits per heavy atom. The fourth-order valence-electron chi connectivity index (χ4n) is 1.54. The highest BCUT2D eigenvalue weighted by molar-refractivity contribution is 6.30. The van der Waals surface area contributed by atoms with Gasteiger partial charge < -0.3 is 4.74 Å². The quantitative estimate of drug-likeness (QED) is 0.824. The standard InChI is InChI=1S/C11H14ClNO.ClH/c1-8-6-13-11(14-7-8)9-2-4-10(12)5-3-9;/h2-5,8,11,13H,6-7H2,1H3;1H.